The summed E-state index contributed by atoms with van der Waals surface area (Å²) in [5, 5.41) is 8.85. The van der Waals surface area contributed by atoms with Crippen LogP contribution in [0.15, 0.2) is 24.3 Å². The summed E-state index contributed by atoms with van der Waals surface area (Å²) in [7, 11) is 0. The third-order valence-corrected chi connectivity index (χ3v) is 2.85. The second-order valence-electron chi connectivity index (χ2n) is 4.98. The lowest BCUT2D eigenvalue weighted by Crippen LogP contribution is -2.06. The van der Waals surface area contributed by atoms with E-state index in [1.54, 1.807) is 0 Å². The van der Waals surface area contributed by atoms with Crippen molar-refractivity contribution in [2.24, 2.45) is 5.92 Å². The Labute approximate surface area is 109 Å². The minimum atomic E-state index is -0.748. The number of ether oxygens (including phenoxy) is 1. The third kappa shape index (κ3) is 4.78. The second-order valence-corrected chi connectivity index (χ2v) is 4.98. The van der Waals surface area contributed by atoms with Gasteiger partial charge >= 0.3 is 5.97 Å². The quantitative estimate of drug-likeness (QED) is 0.802. The van der Waals surface area contributed by atoms with Crippen LogP contribution in [-0.2, 0) is 4.79 Å². The molecule has 0 radical (unpaired) electrons. The van der Waals surface area contributed by atoms with E-state index in [4.69, 9.17) is 9.84 Å². The molecule has 0 aromatic heterocycles. The molecule has 1 rings (SSSR count). The molecule has 0 fully saturated rings. The van der Waals surface area contributed by atoms with Crippen LogP contribution in [0.3, 0.4) is 0 Å². The molecule has 0 bridgehead atoms. The van der Waals surface area contributed by atoms with Gasteiger partial charge in [0.2, 0.25) is 0 Å². The van der Waals surface area contributed by atoms with Crippen molar-refractivity contribution >= 4 is 5.97 Å². The molecule has 100 valence electrons. The summed E-state index contributed by atoms with van der Waals surface area (Å²) in [6, 6.07) is 7.77. The summed E-state index contributed by atoms with van der Waals surface area (Å²) in [4.78, 5) is 10.8. The van der Waals surface area contributed by atoms with Crippen LogP contribution in [0.2, 0.25) is 0 Å². The first-order chi connectivity index (χ1) is 8.52. The molecule has 0 aliphatic heterocycles. The predicted molar refractivity (Wildman–Crippen MR) is 72.1 cm³/mol. The van der Waals surface area contributed by atoms with Crippen molar-refractivity contribution in [1.29, 1.82) is 0 Å². The van der Waals surface area contributed by atoms with Crippen molar-refractivity contribution in [3.63, 3.8) is 0 Å². The van der Waals surface area contributed by atoms with Crippen molar-refractivity contribution in [3.05, 3.63) is 29.8 Å². The number of hydrogen-bond acceptors (Lipinski definition) is 2. The summed E-state index contributed by atoms with van der Waals surface area (Å²) >= 11 is 0. The second kappa shape index (κ2) is 7.04. The number of carbonyl (C=O) groups is 1. The molecular weight excluding hydrogens is 228 g/mol. The van der Waals surface area contributed by atoms with Gasteiger partial charge in [-0.2, -0.15) is 0 Å². The van der Waals surface area contributed by atoms with Crippen LogP contribution in [0.25, 0.3) is 0 Å². The van der Waals surface area contributed by atoms with Gasteiger partial charge in [0.15, 0.2) is 0 Å². The first kappa shape index (κ1) is 14.6. The minimum Gasteiger partial charge on any atom is -0.493 e. The van der Waals surface area contributed by atoms with Crippen molar-refractivity contribution in [2.45, 2.75) is 39.5 Å². The van der Waals surface area contributed by atoms with Crippen LogP contribution < -0.4 is 4.74 Å². The topological polar surface area (TPSA) is 46.5 Å². The van der Waals surface area contributed by atoms with Gasteiger partial charge in [0.1, 0.15) is 5.75 Å². The van der Waals surface area contributed by atoms with Crippen LogP contribution in [0.1, 0.15) is 45.1 Å². The average molecular weight is 250 g/mol. The van der Waals surface area contributed by atoms with Gasteiger partial charge < -0.3 is 9.84 Å². The van der Waals surface area contributed by atoms with E-state index in [1.165, 1.54) is 0 Å². The third-order valence-electron chi connectivity index (χ3n) is 2.85. The molecule has 0 saturated heterocycles. The standard InChI is InChI=1S/C15H22O3/c1-4-12(9-15(16)17)13-5-7-14(8-6-13)18-10-11(2)3/h5-8,11-12H,4,9-10H2,1-3H3,(H,16,17). The Balaban J connectivity index is 2.65. The van der Waals surface area contributed by atoms with E-state index >= 15 is 0 Å². The molecule has 0 amide bonds. The smallest absolute Gasteiger partial charge is 0.303 e. The number of carboxylic acid groups (broad SMARTS) is 1. The van der Waals surface area contributed by atoms with Crippen molar-refractivity contribution in [3.8, 4) is 5.75 Å². The summed E-state index contributed by atoms with van der Waals surface area (Å²) in [5.41, 5.74) is 1.07. The Bertz CT molecular complexity index is 368. The van der Waals surface area contributed by atoms with Crippen molar-refractivity contribution in [1.82, 2.24) is 0 Å². The van der Waals surface area contributed by atoms with E-state index in [9.17, 15) is 4.79 Å². The number of benzene rings is 1. The summed E-state index contributed by atoms with van der Waals surface area (Å²) < 4.78 is 5.60. The molecule has 1 N–H and O–H groups in total. The minimum absolute atomic E-state index is 0.0849. The van der Waals surface area contributed by atoms with Crippen LogP contribution in [-0.4, -0.2) is 17.7 Å². The van der Waals surface area contributed by atoms with Crippen molar-refractivity contribution < 1.29 is 14.6 Å². The predicted octanol–water partition coefficient (Wildman–Crippen LogP) is 3.69. The number of rotatable bonds is 7. The maximum absolute atomic E-state index is 10.8. The molecule has 3 nitrogen and oxygen atoms in total. The molecule has 1 atom stereocenters. The Hall–Kier alpha value is -1.51. The highest BCUT2D eigenvalue weighted by atomic mass is 16.5. The average Bonchev–Trinajstić information content (AvgIpc) is 2.34. The zero-order chi connectivity index (χ0) is 13.5. The summed E-state index contributed by atoms with van der Waals surface area (Å²) in [6.07, 6.45) is 1.02. The van der Waals surface area contributed by atoms with Gasteiger partial charge in [-0.15, -0.1) is 0 Å². The van der Waals surface area contributed by atoms with Gasteiger partial charge in [-0.1, -0.05) is 32.9 Å². The van der Waals surface area contributed by atoms with E-state index in [0.717, 1.165) is 17.7 Å². The first-order valence-corrected chi connectivity index (χ1v) is 6.47. The van der Waals surface area contributed by atoms with Crippen molar-refractivity contribution in [2.75, 3.05) is 6.61 Å². The van der Waals surface area contributed by atoms with Crippen LogP contribution in [0, 0.1) is 5.92 Å². The van der Waals surface area contributed by atoms with Crippen LogP contribution in [0.5, 0.6) is 5.75 Å². The fourth-order valence-corrected chi connectivity index (χ4v) is 1.81. The van der Waals surface area contributed by atoms with E-state index in [-0.39, 0.29) is 12.3 Å². The molecule has 0 aliphatic rings. The molecule has 1 aromatic carbocycles. The molecule has 1 aromatic rings. The molecule has 3 heteroatoms. The Morgan fingerprint density at radius 1 is 1.28 bits per heavy atom. The van der Waals surface area contributed by atoms with Gasteiger partial charge in [0.25, 0.3) is 0 Å². The number of hydrogen-bond donors (Lipinski definition) is 1. The van der Waals surface area contributed by atoms with Crippen LogP contribution in [0.4, 0.5) is 0 Å². The highest BCUT2D eigenvalue weighted by molar-refractivity contribution is 5.68. The van der Waals surface area contributed by atoms with E-state index in [1.807, 2.05) is 31.2 Å². The Kier molecular flexibility index (Phi) is 5.69. The highest BCUT2D eigenvalue weighted by Crippen LogP contribution is 2.25. The van der Waals surface area contributed by atoms with Gasteiger partial charge in [-0.25, -0.2) is 0 Å². The first-order valence-electron chi connectivity index (χ1n) is 6.47. The molecule has 18 heavy (non-hydrogen) atoms. The summed E-state index contributed by atoms with van der Waals surface area (Å²) in [5.74, 6) is 0.682. The Morgan fingerprint density at radius 2 is 1.89 bits per heavy atom. The fourth-order valence-electron chi connectivity index (χ4n) is 1.81. The largest absolute Gasteiger partial charge is 0.493 e. The molecule has 0 spiro atoms. The van der Waals surface area contributed by atoms with E-state index in [0.29, 0.717) is 12.5 Å². The monoisotopic (exact) mass is 250 g/mol. The van der Waals surface area contributed by atoms with E-state index < -0.39 is 5.97 Å². The normalized spacial score (nSPS) is 12.4. The molecule has 0 saturated carbocycles. The van der Waals surface area contributed by atoms with Crippen LogP contribution >= 0.6 is 0 Å². The lowest BCUT2D eigenvalue weighted by atomic mass is 9.93. The number of carboxylic acids is 1. The summed E-state index contributed by atoms with van der Waals surface area (Å²) in [6.45, 7) is 6.92. The highest BCUT2D eigenvalue weighted by Gasteiger charge is 2.13. The maximum atomic E-state index is 10.8. The van der Waals surface area contributed by atoms with Gasteiger partial charge in [-0.3, -0.25) is 4.79 Å². The zero-order valence-electron chi connectivity index (χ0n) is 11.3. The molecule has 0 heterocycles. The zero-order valence-corrected chi connectivity index (χ0v) is 11.3. The lowest BCUT2D eigenvalue weighted by Gasteiger charge is -2.14. The molecule has 1 unspecified atom stereocenters. The lowest BCUT2D eigenvalue weighted by molar-refractivity contribution is -0.137. The van der Waals surface area contributed by atoms with E-state index in [2.05, 4.69) is 13.8 Å². The number of aliphatic carboxylic acids is 1. The maximum Gasteiger partial charge on any atom is 0.303 e. The molecular formula is C15H22O3. The van der Waals surface area contributed by atoms with Gasteiger partial charge in [0.05, 0.1) is 13.0 Å². The SMILES string of the molecule is CCC(CC(=O)O)c1ccc(OCC(C)C)cc1. The Morgan fingerprint density at radius 3 is 2.33 bits per heavy atom. The fraction of sp³-hybridized carbons (Fsp3) is 0.533. The van der Waals surface area contributed by atoms with Gasteiger partial charge in [0, 0.05) is 0 Å². The molecule has 0 aliphatic carbocycles. The van der Waals surface area contributed by atoms with Gasteiger partial charge in [-0.05, 0) is 36.0 Å².